The van der Waals surface area contributed by atoms with E-state index in [0.29, 0.717) is 31.1 Å². The zero-order chi connectivity index (χ0) is 22.4. The van der Waals surface area contributed by atoms with Crippen molar-refractivity contribution < 1.29 is 19.1 Å². The first-order valence-corrected chi connectivity index (χ1v) is 10.8. The molecule has 1 heterocycles. The molecule has 0 radical (unpaired) electrons. The van der Waals surface area contributed by atoms with Gasteiger partial charge in [0.05, 0.1) is 0 Å². The molecule has 1 saturated heterocycles. The van der Waals surface area contributed by atoms with Crippen molar-refractivity contribution in [2.45, 2.75) is 58.4 Å². The Kier molecular flexibility index (Phi) is 7.44. The van der Waals surface area contributed by atoms with E-state index in [4.69, 9.17) is 21.1 Å². The molecule has 0 bridgehead atoms. The Labute approximate surface area is 188 Å². The van der Waals surface area contributed by atoms with Gasteiger partial charge in [-0.25, -0.2) is 4.79 Å². The lowest BCUT2D eigenvalue weighted by atomic mass is 10.2. The third-order valence-corrected chi connectivity index (χ3v) is 5.14. The molecule has 0 unspecified atom stereocenters. The van der Waals surface area contributed by atoms with Crippen LogP contribution in [0.4, 0.5) is 4.79 Å². The van der Waals surface area contributed by atoms with Gasteiger partial charge in [-0.2, -0.15) is 0 Å². The fourth-order valence-corrected chi connectivity index (χ4v) is 3.46. The van der Waals surface area contributed by atoms with Gasteiger partial charge < -0.3 is 14.8 Å². The van der Waals surface area contributed by atoms with Crippen LogP contribution in [0.25, 0.3) is 0 Å². The normalized spacial score (nSPS) is 16.1. The molecule has 0 saturated carbocycles. The summed E-state index contributed by atoms with van der Waals surface area (Å²) in [5.41, 5.74) is 1.40. The van der Waals surface area contributed by atoms with E-state index in [0.717, 1.165) is 23.3 Å². The number of rotatable bonds is 6. The number of ether oxygens (including phenoxy) is 2. The average Bonchev–Trinajstić information content (AvgIpc) is 3.21. The SMILES string of the molecule is CC(C)(C)OC(=O)N1CCC[C@H]1C(=O)NCc1ccc(OCc2ccc(Cl)cc2)cc1. The molecule has 2 aromatic rings. The number of likely N-dealkylation sites (tertiary alicyclic amines) is 1. The van der Waals surface area contributed by atoms with Crippen molar-refractivity contribution in [1.29, 1.82) is 0 Å². The number of carbonyl (C=O) groups excluding carboxylic acids is 2. The molecule has 1 aliphatic rings. The third-order valence-electron chi connectivity index (χ3n) is 4.89. The van der Waals surface area contributed by atoms with Crippen LogP contribution in [0.15, 0.2) is 48.5 Å². The highest BCUT2D eigenvalue weighted by atomic mass is 35.5. The molecule has 1 aliphatic heterocycles. The predicted molar refractivity (Wildman–Crippen MR) is 120 cm³/mol. The van der Waals surface area contributed by atoms with E-state index < -0.39 is 17.7 Å². The van der Waals surface area contributed by atoms with E-state index >= 15 is 0 Å². The molecule has 2 amide bonds. The summed E-state index contributed by atoms with van der Waals surface area (Å²) in [7, 11) is 0. The summed E-state index contributed by atoms with van der Waals surface area (Å²) >= 11 is 5.89. The van der Waals surface area contributed by atoms with E-state index in [9.17, 15) is 9.59 Å². The first-order valence-electron chi connectivity index (χ1n) is 10.4. The second kappa shape index (κ2) is 10.1. The quantitative estimate of drug-likeness (QED) is 0.685. The third kappa shape index (κ3) is 6.89. The minimum Gasteiger partial charge on any atom is -0.489 e. The number of benzene rings is 2. The molecule has 3 rings (SSSR count). The molecule has 1 fully saturated rings. The number of halogens is 1. The van der Waals surface area contributed by atoms with Crippen molar-refractivity contribution >= 4 is 23.6 Å². The van der Waals surface area contributed by atoms with Gasteiger partial charge in [0, 0.05) is 18.1 Å². The number of hydrogen-bond donors (Lipinski definition) is 1. The molecule has 31 heavy (non-hydrogen) atoms. The zero-order valence-electron chi connectivity index (χ0n) is 18.2. The molecule has 1 N–H and O–H groups in total. The summed E-state index contributed by atoms with van der Waals surface area (Å²) < 4.78 is 11.2. The van der Waals surface area contributed by atoms with Gasteiger partial charge in [-0.1, -0.05) is 35.9 Å². The smallest absolute Gasteiger partial charge is 0.410 e. The first kappa shape index (κ1) is 22.9. The lowest BCUT2D eigenvalue weighted by Gasteiger charge is -2.28. The van der Waals surface area contributed by atoms with Crippen molar-refractivity contribution in [3.63, 3.8) is 0 Å². The number of amides is 2. The number of hydrogen-bond acceptors (Lipinski definition) is 4. The van der Waals surface area contributed by atoms with Crippen LogP contribution in [0.2, 0.25) is 5.02 Å². The highest BCUT2D eigenvalue weighted by molar-refractivity contribution is 6.30. The van der Waals surface area contributed by atoms with Crippen LogP contribution in [0, 0.1) is 0 Å². The Morgan fingerprint density at radius 1 is 1.06 bits per heavy atom. The maximum atomic E-state index is 12.7. The van der Waals surface area contributed by atoms with Crippen LogP contribution in [0.5, 0.6) is 5.75 Å². The molecule has 6 nitrogen and oxygen atoms in total. The van der Waals surface area contributed by atoms with Crippen molar-refractivity contribution in [2.24, 2.45) is 0 Å². The number of nitrogens with zero attached hydrogens (tertiary/aromatic N) is 1. The Morgan fingerprint density at radius 3 is 2.35 bits per heavy atom. The lowest BCUT2D eigenvalue weighted by Crippen LogP contribution is -2.47. The van der Waals surface area contributed by atoms with Crippen LogP contribution in [0.1, 0.15) is 44.7 Å². The Balaban J connectivity index is 1.48. The molecule has 166 valence electrons. The summed E-state index contributed by atoms with van der Waals surface area (Å²) in [5, 5.41) is 3.63. The van der Waals surface area contributed by atoms with Crippen LogP contribution >= 0.6 is 11.6 Å². The van der Waals surface area contributed by atoms with E-state index in [1.165, 1.54) is 4.90 Å². The Bertz CT molecular complexity index is 891. The second-order valence-corrected chi connectivity index (χ2v) is 9.05. The summed E-state index contributed by atoms with van der Waals surface area (Å²) in [5.74, 6) is 0.586. The molecular formula is C24H29ClN2O4. The summed E-state index contributed by atoms with van der Waals surface area (Å²) in [6.45, 7) is 6.83. The molecule has 7 heteroatoms. The van der Waals surface area contributed by atoms with E-state index in [2.05, 4.69) is 5.32 Å². The largest absolute Gasteiger partial charge is 0.489 e. The predicted octanol–water partition coefficient (Wildman–Crippen LogP) is 4.93. The standard InChI is InChI=1S/C24H29ClN2O4/c1-24(2,3)31-23(29)27-14-4-5-21(27)22(28)26-15-17-8-12-20(13-9-17)30-16-18-6-10-19(25)11-7-18/h6-13,21H,4-5,14-16H2,1-3H3,(H,26,28)/t21-/m0/s1. The second-order valence-electron chi connectivity index (χ2n) is 8.61. The molecule has 1 atom stereocenters. The first-order chi connectivity index (χ1) is 14.7. The average molecular weight is 445 g/mol. The number of carbonyl (C=O) groups is 2. The topological polar surface area (TPSA) is 67.9 Å². The van der Waals surface area contributed by atoms with E-state index in [1.54, 1.807) is 0 Å². The minimum absolute atomic E-state index is 0.161. The maximum absolute atomic E-state index is 12.7. The zero-order valence-corrected chi connectivity index (χ0v) is 18.9. The van der Waals surface area contributed by atoms with Gasteiger partial charge in [0.2, 0.25) is 5.91 Å². The van der Waals surface area contributed by atoms with Crippen molar-refractivity contribution in [2.75, 3.05) is 6.54 Å². The van der Waals surface area contributed by atoms with Crippen molar-refractivity contribution in [3.8, 4) is 5.75 Å². The van der Waals surface area contributed by atoms with Gasteiger partial charge in [0.15, 0.2) is 0 Å². The molecule has 0 aliphatic carbocycles. The highest BCUT2D eigenvalue weighted by Crippen LogP contribution is 2.21. The number of nitrogens with one attached hydrogen (secondary N) is 1. The fraction of sp³-hybridized carbons (Fsp3) is 0.417. The monoisotopic (exact) mass is 444 g/mol. The highest BCUT2D eigenvalue weighted by Gasteiger charge is 2.36. The minimum atomic E-state index is -0.585. The maximum Gasteiger partial charge on any atom is 0.410 e. The summed E-state index contributed by atoms with van der Waals surface area (Å²) in [4.78, 5) is 26.5. The van der Waals surface area contributed by atoms with Gasteiger partial charge in [-0.05, 0) is 69.0 Å². The van der Waals surface area contributed by atoms with Gasteiger partial charge in [0.25, 0.3) is 0 Å². The van der Waals surface area contributed by atoms with Crippen molar-refractivity contribution in [1.82, 2.24) is 10.2 Å². The van der Waals surface area contributed by atoms with Crippen LogP contribution < -0.4 is 10.1 Å². The summed E-state index contributed by atoms with van der Waals surface area (Å²) in [6.07, 6.45) is 0.992. The Hall–Kier alpha value is -2.73. The van der Waals surface area contributed by atoms with Crippen LogP contribution in [-0.4, -0.2) is 35.1 Å². The Morgan fingerprint density at radius 2 is 1.71 bits per heavy atom. The molecular weight excluding hydrogens is 416 g/mol. The van der Waals surface area contributed by atoms with Crippen molar-refractivity contribution in [3.05, 3.63) is 64.7 Å². The van der Waals surface area contributed by atoms with Gasteiger partial charge in [0.1, 0.15) is 24.0 Å². The van der Waals surface area contributed by atoms with E-state index in [-0.39, 0.29) is 5.91 Å². The van der Waals surface area contributed by atoms with Gasteiger partial charge in [-0.15, -0.1) is 0 Å². The van der Waals surface area contributed by atoms with Crippen LogP contribution in [0.3, 0.4) is 0 Å². The molecule has 0 aromatic heterocycles. The summed E-state index contributed by atoms with van der Waals surface area (Å²) in [6, 6.07) is 14.6. The van der Waals surface area contributed by atoms with Gasteiger partial charge in [-0.3, -0.25) is 9.69 Å². The lowest BCUT2D eigenvalue weighted by molar-refractivity contribution is -0.125. The molecule has 0 spiro atoms. The van der Waals surface area contributed by atoms with Gasteiger partial charge >= 0.3 is 6.09 Å². The molecule has 2 aromatic carbocycles. The van der Waals surface area contributed by atoms with Crippen LogP contribution in [-0.2, 0) is 22.7 Å². The van der Waals surface area contributed by atoms with E-state index in [1.807, 2.05) is 69.3 Å². The fourth-order valence-electron chi connectivity index (χ4n) is 3.34.